The normalized spacial score (nSPS) is 14.7. The molecule has 2 aromatic carbocycles. The van der Waals surface area contributed by atoms with Crippen LogP contribution >= 0.6 is 7.60 Å². The van der Waals surface area contributed by atoms with Crippen LogP contribution in [0.25, 0.3) is 5.57 Å². The minimum Gasteiger partial charge on any atom is -0.508 e. The van der Waals surface area contributed by atoms with Crippen LogP contribution in [0, 0.1) is 0 Å². The lowest BCUT2D eigenvalue weighted by atomic mass is 9.88. The highest BCUT2D eigenvalue weighted by atomic mass is 31.2. The number of esters is 1. The van der Waals surface area contributed by atoms with Gasteiger partial charge >= 0.3 is 13.6 Å². The van der Waals surface area contributed by atoms with Crippen molar-refractivity contribution < 1.29 is 52.8 Å². The van der Waals surface area contributed by atoms with Crippen LogP contribution in [-0.4, -0.2) is 79.2 Å². The Labute approximate surface area is 248 Å². The van der Waals surface area contributed by atoms with Crippen LogP contribution in [-0.2, 0) is 27.9 Å². The Balaban J connectivity index is 1.81. The van der Waals surface area contributed by atoms with Gasteiger partial charge in [0.1, 0.15) is 23.4 Å². The number of carbonyl (C=O) groups excluding carboxylic acids is 3. The highest BCUT2D eigenvalue weighted by Crippen LogP contribution is 2.44. The molecule has 2 aromatic rings. The van der Waals surface area contributed by atoms with Gasteiger partial charge in [0, 0.05) is 62.2 Å². The third kappa shape index (κ3) is 9.74. The molecule has 13 heteroatoms. The molecule has 2 unspecified atom stereocenters. The number of aromatic hydroxyl groups is 2. The number of ketones is 1. The first-order valence-corrected chi connectivity index (χ1v) is 15.2. The van der Waals surface area contributed by atoms with Gasteiger partial charge < -0.3 is 39.2 Å². The van der Waals surface area contributed by atoms with E-state index < -0.39 is 32.2 Å². The number of amides is 1. The summed E-state index contributed by atoms with van der Waals surface area (Å²) in [6, 6.07) is 8.42. The molecule has 12 nitrogen and oxygen atoms in total. The number of carbonyl (C=O) groups is 3. The van der Waals surface area contributed by atoms with Crippen molar-refractivity contribution in [3.8, 4) is 17.2 Å². The van der Waals surface area contributed by atoms with Crippen LogP contribution in [0.2, 0.25) is 0 Å². The number of hydrogen-bond acceptors (Lipinski definition) is 11. The van der Waals surface area contributed by atoms with Gasteiger partial charge in [-0.3, -0.25) is 18.9 Å². The molecule has 0 saturated carbocycles. The molecule has 0 saturated heterocycles. The maximum atomic E-state index is 13.1. The Morgan fingerprint density at radius 2 is 1.74 bits per heavy atom. The zero-order chi connectivity index (χ0) is 31.6. The van der Waals surface area contributed by atoms with Gasteiger partial charge in [0.25, 0.3) is 5.91 Å². The molecule has 2 atom stereocenters. The van der Waals surface area contributed by atoms with E-state index in [2.05, 4.69) is 5.32 Å². The third-order valence-corrected chi connectivity index (χ3v) is 7.43. The van der Waals surface area contributed by atoms with E-state index in [1.165, 1.54) is 75.3 Å². The fourth-order valence-corrected chi connectivity index (χ4v) is 4.80. The number of allylic oxidation sites excluding steroid dienone is 5. The predicted octanol–water partition coefficient (Wildman–Crippen LogP) is 3.50. The average molecular weight is 616 g/mol. The standard InChI is InChI=1S/C30H34NO11P/c1-19(33)41-28-12-7-21(30(37)31-13-4-14-40-18-24(17-32)42-43(3,38)39-2)15-26(28)29(20-5-8-22(34)9-6-20)25-11-10-23(35)16-27(25)36/h5-12,15-16,24,32,35-36H,4,13-14,17-18H2,1-3H3,(H,31,37). The van der Waals surface area contributed by atoms with Crippen molar-refractivity contribution in [3.05, 3.63) is 83.0 Å². The maximum absolute atomic E-state index is 13.1. The van der Waals surface area contributed by atoms with Gasteiger partial charge in [-0.2, -0.15) is 0 Å². The van der Waals surface area contributed by atoms with E-state index >= 15 is 0 Å². The van der Waals surface area contributed by atoms with Gasteiger partial charge in [-0.05, 0) is 54.5 Å². The summed E-state index contributed by atoms with van der Waals surface area (Å²) in [5.41, 5.74) is 1.59. The van der Waals surface area contributed by atoms with E-state index in [1.807, 2.05) is 0 Å². The predicted molar refractivity (Wildman–Crippen MR) is 157 cm³/mol. The SMILES string of the molecule is COP(C)(=O)OC(CO)COCCCNC(=O)c1ccc(OC(C)=O)c(C(=C2C=CC(=O)C=C2)c2ccc(O)cc2O)c1. The molecule has 0 aliphatic heterocycles. The molecule has 1 amide bonds. The molecule has 1 aliphatic rings. The summed E-state index contributed by atoms with van der Waals surface area (Å²) in [5.74, 6) is -1.63. The number of nitrogens with one attached hydrogen (secondary N) is 1. The summed E-state index contributed by atoms with van der Waals surface area (Å²) >= 11 is 0. The first kappa shape index (κ1) is 33.4. The molecule has 0 heterocycles. The number of rotatable bonds is 14. The fraction of sp³-hybridized carbons (Fsp3) is 0.300. The van der Waals surface area contributed by atoms with Crippen molar-refractivity contribution in [2.75, 3.05) is 40.1 Å². The quantitative estimate of drug-likeness (QED) is 0.106. The van der Waals surface area contributed by atoms with Gasteiger partial charge in [0.15, 0.2) is 5.78 Å². The molecule has 230 valence electrons. The zero-order valence-electron chi connectivity index (χ0n) is 23.9. The van der Waals surface area contributed by atoms with Crippen molar-refractivity contribution in [1.29, 1.82) is 0 Å². The topological polar surface area (TPSA) is 178 Å². The van der Waals surface area contributed by atoms with Crippen molar-refractivity contribution in [2.45, 2.75) is 19.4 Å². The fourth-order valence-electron chi connectivity index (χ4n) is 4.04. The summed E-state index contributed by atoms with van der Waals surface area (Å²) in [5, 5.41) is 32.7. The number of ether oxygens (including phenoxy) is 2. The van der Waals surface area contributed by atoms with Crippen LogP contribution in [0.3, 0.4) is 0 Å². The van der Waals surface area contributed by atoms with E-state index in [0.29, 0.717) is 17.6 Å². The van der Waals surface area contributed by atoms with Gasteiger partial charge in [0.2, 0.25) is 0 Å². The van der Waals surface area contributed by atoms with Crippen LogP contribution in [0.5, 0.6) is 17.2 Å². The molecule has 0 radical (unpaired) electrons. The Kier molecular flexibility index (Phi) is 12.0. The first-order chi connectivity index (χ1) is 20.4. The lowest BCUT2D eigenvalue weighted by Gasteiger charge is -2.19. The Morgan fingerprint density at radius 1 is 1.02 bits per heavy atom. The number of phenolic OH excluding ortho intramolecular Hbond substituents is 2. The molecular weight excluding hydrogens is 581 g/mol. The Hall–Kier alpha value is -4.06. The lowest BCUT2D eigenvalue weighted by Crippen LogP contribution is -2.27. The zero-order valence-corrected chi connectivity index (χ0v) is 24.8. The molecule has 1 aliphatic carbocycles. The van der Waals surface area contributed by atoms with E-state index in [0.717, 1.165) is 6.07 Å². The highest BCUT2D eigenvalue weighted by Gasteiger charge is 2.23. The van der Waals surface area contributed by atoms with Crippen LogP contribution in [0.4, 0.5) is 0 Å². The summed E-state index contributed by atoms with van der Waals surface area (Å²) in [4.78, 5) is 36.8. The smallest absolute Gasteiger partial charge is 0.327 e. The van der Waals surface area contributed by atoms with Crippen molar-refractivity contribution >= 4 is 30.8 Å². The second-order valence-electron chi connectivity index (χ2n) is 9.45. The Bertz CT molecular complexity index is 1480. The molecule has 43 heavy (non-hydrogen) atoms. The van der Waals surface area contributed by atoms with Gasteiger partial charge in [0.05, 0.1) is 13.2 Å². The van der Waals surface area contributed by atoms with Crippen molar-refractivity contribution in [1.82, 2.24) is 5.32 Å². The summed E-state index contributed by atoms with van der Waals surface area (Å²) in [6.45, 7) is 2.52. The third-order valence-electron chi connectivity index (χ3n) is 6.09. The molecule has 3 rings (SSSR count). The monoisotopic (exact) mass is 615 g/mol. The minimum absolute atomic E-state index is 0.0252. The largest absolute Gasteiger partial charge is 0.508 e. The highest BCUT2D eigenvalue weighted by molar-refractivity contribution is 7.52. The molecule has 0 aromatic heterocycles. The summed E-state index contributed by atoms with van der Waals surface area (Å²) < 4.78 is 32.8. The maximum Gasteiger partial charge on any atom is 0.327 e. The van der Waals surface area contributed by atoms with Gasteiger partial charge in [-0.25, -0.2) is 0 Å². The minimum atomic E-state index is -3.29. The lowest BCUT2D eigenvalue weighted by molar-refractivity contribution is -0.131. The van der Waals surface area contributed by atoms with E-state index in [4.69, 9.17) is 18.5 Å². The van der Waals surface area contributed by atoms with E-state index in [1.54, 1.807) is 0 Å². The first-order valence-electron chi connectivity index (χ1n) is 13.2. The summed E-state index contributed by atoms with van der Waals surface area (Å²) in [7, 11) is -2.05. The van der Waals surface area contributed by atoms with Crippen LogP contribution in [0.1, 0.15) is 34.8 Å². The van der Waals surface area contributed by atoms with Crippen LogP contribution in [0.15, 0.2) is 66.3 Å². The Morgan fingerprint density at radius 3 is 2.37 bits per heavy atom. The molecule has 0 bridgehead atoms. The molecule has 0 spiro atoms. The molecule has 4 N–H and O–H groups in total. The van der Waals surface area contributed by atoms with Crippen LogP contribution < -0.4 is 10.1 Å². The van der Waals surface area contributed by atoms with Gasteiger partial charge in [-0.1, -0.05) is 12.2 Å². The second-order valence-corrected chi connectivity index (χ2v) is 11.6. The van der Waals surface area contributed by atoms with Crippen molar-refractivity contribution in [2.24, 2.45) is 0 Å². The van der Waals surface area contributed by atoms with E-state index in [-0.39, 0.29) is 59.5 Å². The number of benzene rings is 2. The average Bonchev–Trinajstić information content (AvgIpc) is 2.96. The number of aliphatic hydroxyl groups is 1. The second kappa shape index (κ2) is 15.4. The number of hydrogen-bond donors (Lipinski definition) is 4. The summed E-state index contributed by atoms with van der Waals surface area (Å²) in [6.07, 6.45) is 5.33. The molecule has 0 fully saturated rings. The van der Waals surface area contributed by atoms with E-state index in [9.17, 15) is 34.3 Å². The van der Waals surface area contributed by atoms with Crippen molar-refractivity contribution in [3.63, 3.8) is 0 Å². The number of aliphatic hydroxyl groups excluding tert-OH is 1. The number of phenols is 2. The van der Waals surface area contributed by atoms with Gasteiger partial charge in [-0.15, -0.1) is 0 Å². The molecular formula is C30H34NO11P.